The van der Waals surface area contributed by atoms with Gasteiger partial charge >= 0.3 is 0 Å². The van der Waals surface area contributed by atoms with Crippen molar-refractivity contribution in [3.8, 4) is 0 Å². The Bertz CT molecular complexity index is 524. The van der Waals surface area contributed by atoms with Crippen LogP contribution in [0.1, 0.15) is 25.0 Å². The van der Waals surface area contributed by atoms with Crippen molar-refractivity contribution < 1.29 is 0 Å². The van der Waals surface area contributed by atoms with Gasteiger partial charge in [-0.25, -0.2) is 4.98 Å². The lowest BCUT2D eigenvalue weighted by molar-refractivity contribution is 0.587. The number of pyridine rings is 1. The Morgan fingerprint density at radius 3 is 2.68 bits per heavy atom. The van der Waals surface area contributed by atoms with Gasteiger partial charge in [-0.3, -0.25) is 0 Å². The van der Waals surface area contributed by atoms with E-state index in [1.54, 1.807) is 11.8 Å². The minimum atomic E-state index is 0.516. The van der Waals surface area contributed by atoms with Gasteiger partial charge in [-0.2, -0.15) is 0 Å². The quantitative estimate of drug-likeness (QED) is 0.889. The molecule has 0 amide bonds. The van der Waals surface area contributed by atoms with Gasteiger partial charge in [0.2, 0.25) is 0 Å². The molecule has 0 bridgehead atoms. The second-order valence-corrected chi connectivity index (χ2v) is 5.99. The van der Waals surface area contributed by atoms with E-state index < -0.39 is 0 Å². The molecule has 1 N–H and O–H groups in total. The number of aromatic nitrogens is 1. The van der Waals surface area contributed by atoms with Gasteiger partial charge in [0, 0.05) is 23.7 Å². The summed E-state index contributed by atoms with van der Waals surface area (Å²) in [4.78, 5) is 5.58. The van der Waals surface area contributed by atoms with Crippen LogP contribution in [0.4, 0.5) is 0 Å². The van der Waals surface area contributed by atoms with Crippen LogP contribution in [0.15, 0.2) is 52.5 Å². The van der Waals surface area contributed by atoms with Crippen LogP contribution in [0, 0.1) is 6.92 Å². The second-order valence-electron chi connectivity index (χ2n) is 4.89. The molecule has 2 rings (SSSR count). The van der Waals surface area contributed by atoms with E-state index in [-0.39, 0.29) is 0 Å². The molecule has 0 unspecified atom stereocenters. The third-order valence-electron chi connectivity index (χ3n) is 2.87. The summed E-state index contributed by atoms with van der Waals surface area (Å²) in [6.45, 7) is 7.43. The van der Waals surface area contributed by atoms with E-state index in [0.29, 0.717) is 6.04 Å². The highest BCUT2D eigenvalue weighted by atomic mass is 32.2. The number of hydrogen-bond acceptors (Lipinski definition) is 3. The molecule has 19 heavy (non-hydrogen) atoms. The predicted molar refractivity (Wildman–Crippen MR) is 81.5 cm³/mol. The van der Waals surface area contributed by atoms with Crippen LogP contribution in [0.3, 0.4) is 0 Å². The molecule has 2 nitrogen and oxygen atoms in total. The first-order valence-electron chi connectivity index (χ1n) is 6.57. The van der Waals surface area contributed by atoms with Gasteiger partial charge in [-0.1, -0.05) is 37.7 Å². The molecule has 1 heterocycles. The molecule has 100 valence electrons. The van der Waals surface area contributed by atoms with Crippen molar-refractivity contribution in [1.29, 1.82) is 0 Å². The zero-order valence-electron chi connectivity index (χ0n) is 11.7. The lowest BCUT2D eigenvalue weighted by Gasteiger charge is -2.11. The van der Waals surface area contributed by atoms with Crippen LogP contribution in [0.5, 0.6) is 0 Å². The molecule has 0 radical (unpaired) electrons. The fourth-order valence-electron chi connectivity index (χ4n) is 1.77. The Labute approximate surface area is 119 Å². The molecule has 3 heteroatoms. The van der Waals surface area contributed by atoms with Gasteiger partial charge in [0.15, 0.2) is 0 Å². The van der Waals surface area contributed by atoms with E-state index in [1.165, 1.54) is 16.0 Å². The fourth-order valence-corrected chi connectivity index (χ4v) is 2.65. The maximum Gasteiger partial charge on any atom is 0.101 e. The third kappa shape index (κ3) is 4.37. The summed E-state index contributed by atoms with van der Waals surface area (Å²) in [5.74, 6) is 0. The minimum absolute atomic E-state index is 0.516. The van der Waals surface area contributed by atoms with Crippen LogP contribution in [0.2, 0.25) is 0 Å². The third-order valence-corrected chi connectivity index (χ3v) is 3.82. The molecule has 0 atom stereocenters. The second kappa shape index (κ2) is 6.73. The topological polar surface area (TPSA) is 24.9 Å². The predicted octanol–water partition coefficient (Wildman–Crippen LogP) is 4.04. The molecule has 0 fully saturated rings. The summed E-state index contributed by atoms with van der Waals surface area (Å²) in [6, 6.07) is 13.1. The van der Waals surface area contributed by atoms with Gasteiger partial charge in [0.05, 0.1) is 0 Å². The Balaban J connectivity index is 2.06. The average Bonchev–Trinajstić information content (AvgIpc) is 2.39. The molecule has 0 saturated carbocycles. The average molecular weight is 272 g/mol. The van der Waals surface area contributed by atoms with E-state index in [0.717, 1.165) is 11.6 Å². The van der Waals surface area contributed by atoms with Crippen molar-refractivity contribution in [2.75, 3.05) is 0 Å². The Hall–Kier alpha value is -1.32. The number of nitrogens with one attached hydrogen (secondary N) is 1. The molecule has 0 spiro atoms. The Morgan fingerprint density at radius 1 is 1.21 bits per heavy atom. The molecular weight excluding hydrogens is 252 g/mol. The maximum atomic E-state index is 4.34. The van der Waals surface area contributed by atoms with Crippen molar-refractivity contribution in [3.05, 3.63) is 53.7 Å². The Kier molecular flexibility index (Phi) is 5.00. The summed E-state index contributed by atoms with van der Waals surface area (Å²) >= 11 is 1.70. The molecule has 0 saturated heterocycles. The van der Waals surface area contributed by atoms with Gasteiger partial charge in [-0.15, -0.1) is 0 Å². The van der Waals surface area contributed by atoms with Crippen molar-refractivity contribution in [2.24, 2.45) is 0 Å². The van der Waals surface area contributed by atoms with Crippen molar-refractivity contribution in [1.82, 2.24) is 10.3 Å². The van der Waals surface area contributed by atoms with Crippen LogP contribution < -0.4 is 5.32 Å². The maximum absolute atomic E-state index is 4.34. The molecule has 1 aromatic heterocycles. The van der Waals surface area contributed by atoms with E-state index in [1.807, 2.05) is 24.4 Å². The minimum Gasteiger partial charge on any atom is -0.310 e. The van der Waals surface area contributed by atoms with Crippen LogP contribution in [0.25, 0.3) is 0 Å². The summed E-state index contributed by atoms with van der Waals surface area (Å²) < 4.78 is 0. The van der Waals surface area contributed by atoms with E-state index >= 15 is 0 Å². The highest BCUT2D eigenvalue weighted by Gasteiger charge is 2.03. The molecule has 0 aliphatic carbocycles. The normalized spacial score (nSPS) is 10.9. The molecule has 0 aliphatic rings. The molecule has 1 aromatic carbocycles. The van der Waals surface area contributed by atoms with Crippen LogP contribution in [-0.2, 0) is 6.54 Å². The fraction of sp³-hybridized carbons (Fsp3) is 0.312. The summed E-state index contributed by atoms with van der Waals surface area (Å²) in [5, 5.41) is 4.49. The number of aryl methyl sites for hydroxylation is 1. The highest BCUT2D eigenvalue weighted by Crippen LogP contribution is 2.27. The summed E-state index contributed by atoms with van der Waals surface area (Å²) in [6.07, 6.45) is 1.83. The summed E-state index contributed by atoms with van der Waals surface area (Å²) in [7, 11) is 0. The first kappa shape index (κ1) is 14.1. The zero-order valence-corrected chi connectivity index (χ0v) is 12.5. The van der Waals surface area contributed by atoms with E-state index in [4.69, 9.17) is 0 Å². The van der Waals surface area contributed by atoms with Crippen molar-refractivity contribution in [2.45, 2.75) is 43.3 Å². The summed E-state index contributed by atoms with van der Waals surface area (Å²) in [5.41, 5.74) is 2.69. The lowest BCUT2D eigenvalue weighted by atomic mass is 10.1. The van der Waals surface area contributed by atoms with Crippen molar-refractivity contribution >= 4 is 11.8 Å². The first-order valence-corrected chi connectivity index (χ1v) is 7.38. The number of benzene rings is 1. The number of rotatable bonds is 5. The van der Waals surface area contributed by atoms with E-state index in [9.17, 15) is 0 Å². The smallest absolute Gasteiger partial charge is 0.101 e. The zero-order chi connectivity index (χ0) is 13.7. The standard InChI is InChI=1S/C16H20N2S/c1-12(2)18-11-14-7-8-15(10-13(14)3)19-16-6-4-5-9-17-16/h4-10,12,18H,11H2,1-3H3. The SMILES string of the molecule is Cc1cc(Sc2ccccn2)ccc1CNC(C)C. The lowest BCUT2D eigenvalue weighted by Crippen LogP contribution is -2.22. The first-order chi connectivity index (χ1) is 9.15. The Morgan fingerprint density at radius 2 is 2.05 bits per heavy atom. The highest BCUT2D eigenvalue weighted by molar-refractivity contribution is 7.99. The largest absolute Gasteiger partial charge is 0.310 e. The number of nitrogens with zero attached hydrogens (tertiary/aromatic N) is 1. The van der Waals surface area contributed by atoms with Crippen LogP contribution >= 0.6 is 11.8 Å². The van der Waals surface area contributed by atoms with Crippen LogP contribution in [-0.4, -0.2) is 11.0 Å². The van der Waals surface area contributed by atoms with Gasteiger partial charge in [0.25, 0.3) is 0 Å². The van der Waals surface area contributed by atoms with Gasteiger partial charge in [0.1, 0.15) is 5.03 Å². The molecule has 0 aliphatic heterocycles. The van der Waals surface area contributed by atoms with Gasteiger partial charge < -0.3 is 5.32 Å². The molecular formula is C16H20N2S. The number of hydrogen-bond donors (Lipinski definition) is 1. The monoisotopic (exact) mass is 272 g/mol. The van der Waals surface area contributed by atoms with Gasteiger partial charge in [-0.05, 0) is 42.3 Å². The molecule has 2 aromatic rings. The van der Waals surface area contributed by atoms with E-state index in [2.05, 4.69) is 49.3 Å². The van der Waals surface area contributed by atoms with Crippen molar-refractivity contribution in [3.63, 3.8) is 0 Å².